The lowest BCUT2D eigenvalue weighted by Gasteiger charge is -2.18. The zero-order chi connectivity index (χ0) is 21.5. The number of ether oxygens (including phenoxy) is 3. The van der Waals surface area contributed by atoms with E-state index in [1.807, 2.05) is 0 Å². The summed E-state index contributed by atoms with van der Waals surface area (Å²) in [4.78, 5) is 26.2. The Morgan fingerprint density at radius 2 is 1.97 bits per heavy atom. The smallest absolute Gasteiger partial charge is 0.350 e. The van der Waals surface area contributed by atoms with Gasteiger partial charge in [-0.3, -0.25) is 4.57 Å². The van der Waals surface area contributed by atoms with Gasteiger partial charge in [0.15, 0.2) is 11.9 Å². The van der Waals surface area contributed by atoms with Crippen LogP contribution < -0.4 is 4.74 Å². The predicted octanol–water partition coefficient (Wildman–Crippen LogP) is 1.18. The van der Waals surface area contributed by atoms with E-state index in [0.717, 1.165) is 25.7 Å². The second-order valence-electron chi connectivity index (χ2n) is 7.49. The molecule has 2 fully saturated rings. The Kier molecular flexibility index (Phi) is 6.34. The molecule has 2 aliphatic rings. The average molecular weight is 464 g/mol. The first-order chi connectivity index (χ1) is 14.2. The summed E-state index contributed by atoms with van der Waals surface area (Å²) in [5, 5.41) is 21.3. The van der Waals surface area contributed by atoms with Gasteiger partial charge in [0, 0.05) is 6.20 Å². The molecular weight excluding hydrogens is 441 g/mol. The molecule has 11 nitrogen and oxygen atoms in total. The summed E-state index contributed by atoms with van der Waals surface area (Å²) in [7, 11) is -4.35. The molecule has 1 saturated carbocycles. The van der Waals surface area contributed by atoms with Gasteiger partial charge in [-0.2, -0.15) is 9.97 Å². The third-order valence-corrected chi connectivity index (χ3v) is 5.93. The Balaban J connectivity index is 1.55. The van der Waals surface area contributed by atoms with E-state index in [2.05, 4.69) is 9.97 Å². The van der Waals surface area contributed by atoms with Crippen molar-refractivity contribution in [3.63, 3.8) is 0 Å². The van der Waals surface area contributed by atoms with Crippen LogP contribution >= 0.6 is 19.2 Å². The normalized spacial score (nSPS) is 27.9. The maximum atomic E-state index is 10.9. The fourth-order valence-electron chi connectivity index (χ4n) is 3.82. The second-order valence-corrected chi connectivity index (χ2v) is 9.42. The van der Waals surface area contributed by atoms with Crippen LogP contribution in [-0.2, 0) is 14.0 Å². The van der Waals surface area contributed by atoms with Crippen molar-refractivity contribution in [2.45, 2.75) is 56.3 Å². The van der Waals surface area contributed by atoms with Crippen LogP contribution in [0.4, 0.5) is 0 Å². The number of hydrogen-bond donors (Lipinski definition) is 4. The Labute approximate surface area is 176 Å². The molecule has 0 aromatic carbocycles. The van der Waals surface area contributed by atoms with E-state index in [9.17, 15) is 14.8 Å². The van der Waals surface area contributed by atoms with Gasteiger partial charge in [0.2, 0.25) is 11.2 Å². The monoisotopic (exact) mass is 463 g/mol. The highest BCUT2D eigenvalue weighted by Crippen LogP contribution is 2.37. The maximum Gasteiger partial charge on any atom is 0.350 e. The van der Waals surface area contributed by atoms with Crippen LogP contribution in [-0.4, -0.2) is 71.9 Å². The van der Waals surface area contributed by atoms with Gasteiger partial charge >= 0.3 is 7.60 Å². The molecule has 1 saturated heterocycles. The lowest BCUT2D eigenvalue weighted by molar-refractivity contribution is -0.0610. The standard InChI is InChI=1S/C17H23ClN3O8P/c18-17-19-14-10(15(20-17)28-9-3-1-2-4-9)5-6-21(14)16-13(23)12(22)11(29-16)7-27-8-30(24,25)26/h5-6,9,11-13,16,22-23H,1-4,7-8H2,(H2,24,25,26)/t11-,12-,13-,16-/m1/s1. The number of aliphatic hydroxyl groups is 2. The Morgan fingerprint density at radius 1 is 1.23 bits per heavy atom. The first kappa shape index (κ1) is 21.9. The highest BCUT2D eigenvalue weighted by Gasteiger charge is 2.44. The second kappa shape index (κ2) is 8.68. The van der Waals surface area contributed by atoms with Crippen LogP contribution in [0.1, 0.15) is 31.9 Å². The number of fused-ring (bicyclic) bond motifs is 1. The molecule has 3 heterocycles. The zero-order valence-corrected chi connectivity index (χ0v) is 17.5. The molecule has 30 heavy (non-hydrogen) atoms. The van der Waals surface area contributed by atoms with Gasteiger partial charge in [-0.15, -0.1) is 0 Å². The highest BCUT2D eigenvalue weighted by molar-refractivity contribution is 7.51. The number of halogens is 1. The van der Waals surface area contributed by atoms with Crippen LogP contribution in [0.3, 0.4) is 0 Å². The molecule has 0 amide bonds. The van der Waals surface area contributed by atoms with Gasteiger partial charge in [0.25, 0.3) is 0 Å². The van der Waals surface area contributed by atoms with E-state index in [1.165, 1.54) is 4.57 Å². The van der Waals surface area contributed by atoms with Crippen molar-refractivity contribution in [3.8, 4) is 5.88 Å². The van der Waals surface area contributed by atoms with E-state index < -0.39 is 38.5 Å². The van der Waals surface area contributed by atoms with Crippen molar-refractivity contribution < 1.29 is 38.8 Å². The van der Waals surface area contributed by atoms with E-state index in [1.54, 1.807) is 12.3 Å². The summed E-state index contributed by atoms with van der Waals surface area (Å²) in [6.07, 6.45) is 0.313. The summed E-state index contributed by atoms with van der Waals surface area (Å²) in [5.41, 5.74) is 0.371. The molecule has 166 valence electrons. The lowest BCUT2D eigenvalue weighted by Crippen LogP contribution is -2.33. The molecule has 0 spiro atoms. The van der Waals surface area contributed by atoms with Crippen molar-refractivity contribution in [3.05, 3.63) is 17.5 Å². The molecule has 4 rings (SSSR count). The molecule has 1 aliphatic heterocycles. The van der Waals surface area contributed by atoms with E-state index in [-0.39, 0.29) is 18.0 Å². The summed E-state index contributed by atoms with van der Waals surface area (Å²) in [5.74, 6) is 0.352. The Hall–Kier alpha value is -1.30. The van der Waals surface area contributed by atoms with Gasteiger partial charge in [-0.05, 0) is 43.4 Å². The molecule has 13 heteroatoms. The van der Waals surface area contributed by atoms with Crippen molar-refractivity contribution in [2.24, 2.45) is 0 Å². The first-order valence-electron chi connectivity index (χ1n) is 9.57. The lowest BCUT2D eigenvalue weighted by atomic mass is 10.1. The fraction of sp³-hybridized carbons (Fsp3) is 0.647. The summed E-state index contributed by atoms with van der Waals surface area (Å²) < 4.78 is 29.1. The van der Waals surface area contributed by atoms with Crippen LogP contribution in [0.15, 0.2) is 12.3 Å². The molecule has 4 atom stereocenters. The van der Waals surface area contributed by atoms with Crippen LogP contribution in [0.5, 0.6) is 5.88 Å². The average Bonchev–Trinajstić information content (AvgIpc) is 3.37. The molecule has 2 aromatic rings. The van der Waals surface area contributed by atoms with Crippen LogP contribution in [0.25, 0.3) is 11.0 Å². The molecular formula is C17H23ClN3O8P. The van der Waals surface area contributed by atoms with Gasteiger partial charge < -0.3 is 38.8 Å². The summed E-state index contributed by atoms with van der Waals surface area (Å²) >= 11 is 6.09. The zero-order valence-electron chi connectivity index (χ0n) is 15.9. The predicted molar refractivity (Wildman–Crippen MR) is 104 cm³/mol. The van der Waals surface area contributed by atoms with Crippen molar-refractivity contribution in [1.82, 2.24) is 14.5 Å². The van der Waals surface area contributed by atoms with Crippen LogP contribution in [0.2, 0.25) is 5.28 Å². The minimum absolute atomic E-state index is 0.0231. The fourth-order valence-corrected chi connectivity index (χ4v) is 4.32. The molecule has 0 unspecified atom stereocenters. The number of rotatable bonds is 7. The molecule has 4 N–H and O–H groups in total. The number of hydrogen-bond acceptors (Lipinski definition) is 8. The Bertz CT molecular complexity index is 946. The van der Waals surface area contributed by atoms with Crippen molar-refractivity contribution in [2.75, 3.05) is 13.0 Å². The Morgan fingerprint density at radius 3 is 2.67 bits per heavy atom. The number of aromatic nitrogens is 3. The van der Waals surface area contributed by atoms with Gasteiger partial charge in [0.1, 0.15) is 30.8 Å². The summed E-state index contributed by atoms with van der Waals surface area (Å²) in [6, 6.07) is 1.72. The molecule has 0 bridgehead atoms. The van der Waals surface area contributed by atoms with Gasteiger partial charge in [-0.1, -0.05) is 0 Å². The third-order valence-electron chi connectivity index (χ3n) is 5.24. The van der Waals surface area contributed by atoms with Gasteiger partial charge in [-0.25, -0.2) is 0 Å². The van der Waals surface area contributed by atoms with Crippen LogP contribution in [0, 0.1) is 0 Å². The summed E-state index contributed by atoms with van der Waals surface area (Å²) in [6.45, 7) is -0.301. The minimum atomic E-state index is -4.35. The number of nitrogens with zero attached hydrogens (tertiary/aromatic N) is 3. The maximum absolute atomic E-state index is 10.9. The topological polar surface area (TPSA) is 156 Å². The van der Waals surface area contributed by atoms with E-state index >= 15 is 0 Å². The molecule has 2 aromatic heterocycles. The van der Waals surface area contributed by atoms with Gasteiger partial charge in [0.05, 0.1) is 12.0 Å². The van der Waals surface area contributed by atoms with E-state index in [4.69, 9.17) is 35.6 Å². The molecule has 0 radical (unpaired) electrons. The van der Waals surface area contributed by atoms with Crippen molar-refractivity contribution >= 4 is 30.2 Å². The molecule has 1 aliphatic carbocycles. The number of aliphatic hydroxyl groups excluding tert-OH is 2. The first-order valence-corrected chi connectivity index (χ1v) is 11.7. The quantitative estimate of drug-likeness (QED) is 0.347. The van der Waals surface area contributed by atoms with E-state index in [0.29, 0.717) is 16.9 Å². The largest absolute Gasteiger partial charge is 0.474 e. The minimum Gasteiger partial charge on any atom is -0.474 e. The SMILES string of the molecule is O=P(O)(O)COC[C@H]1O[C@@H](n2ccc3c(OC4CCCC4)nc(Cl)nc32)[C@H](O)[C@@H]1O. The highest BCUT2D eigenvalue weighted by atomic mass is 35.5. The van der Waals surface area contributed by atoms with Crippen molar-refractivity contribution in [1.29, 1.82) is 0 Å². The third kappa shape index (κ3) is 4.63.